The number of azo groups is 2. The number of hydrogen-bond acceptors (Lipinski definition) is 7. The molecule has 0 aromatic heterocycles. The lowest BCUT2D eigenvalue weighted by molar-refractivity contribution is 0.304. The van der Waals surface area contributed by atoms with Crippen LogP contribution >= 0.6 is 0 Å². The first kappa shape index (κ1) is 49.4. The Bertz CT molecular complexity index is 1750. The average molecular weight is 832 g/mol. The highest BCUT2D eigenvalue weighted by Crippen LogP contribution is 2.38. The number of fused-ring (bicyclic) bond motifs is 1. The molecule has 0 aliphatic carbocycles. The normalized spacial score (nSPS) is 11.7. The predicted molar refractivity (Wildman–Crippen MR) is 261 cm³/mol. The molecule has 0 atom stereocenters. The van der Waals surface area contributed by atoms with Crippen LogP contribution in [-0.4, -0.2) is 13.2 Å². The lowest BCUT2D eigenvalue weighted by Gasteiger charge is -2.08. The molecule has 0 fully saturated rings. The molecule has 0 saturated heterocycles. The number of nitrogen functional groups attached to an aromatic ring is 1. The maximum atomic E-state index is 6.42. The van der Waals surface area contributed by atoms with Gasteiger partial charge in [-0.1, -0.05) is 193 Å². The van der Waals surface area contributed by atoms with Crippen molar-refractivity contribution in [3.63, 3.8) is 0 Å². The molecule has 0 amide bonds. The highest BCUT2D eigenvalue weighted by molar-refractivity contribution is 6.03. The highest BCUT2D eigenvalue weighted by Gasteiger charge is 2.09. The third-order valence-corrected chi connectivity index (χ3v) is 11.8. The summed E-state index contributed by atoms with van der Waals surface area (Å²) in [7, 11) is 0. The number of anilines is 1. The van der Waals surface area contributed by atoms with Crippen LogP contribution in [0.4, 0.5) is 28.4 Å². The molecule has 2 N–H and O–H groups in total. The molecule has 4 aromatic rings. The first-order valence-electron chi connectivity index (χ1n) is 24.8. The van der Waals surface area contributed by atoms with E-state index in [0.717, 1.165) is 65.4 Å². The number of unbranched alkanes of at least 4 members (excludes halogenated alkanes) is 26. The minimum absolute atomic E-state index is 0.558. The van der Waals surface area contributed by atoms with E-state index in [1.165, 1.54) is 167 Å². The molecular formula is C54H81N5O2. The van der Waals surface area contributed by atoms with Gasteiger partial charge in [-0.05, 0) is 79.6 Å². The Morgan fingerprint density at radius 3 is 1.15 bits per heavy atom. The van der Waals surface area contributed by atoms with E-state index >= 15 is 0 Å². The zero-order valence-corrected chi connectivity index (χ0v) is 38.4. The quantitative estimate of drug-likeness (QED) is 0.0281. The average Bonchev–Trinajstić information content (AvgIpc) is 3.28. The third-order valence-electron chi connectivity index (χ3n) is 11.8. The van der Waals surface area contributed by atoms with Crippen molar-refractivity contribution in [3.05, 3.63) is 78.9 Å². The van der Waals surface area contributed by atoms with Crippen LogP contribution in [0.1, 0.15) is 194 Å². The Labute approximate surface area is 370 Å². The number of hydrogen-bond donors (Lipinski definition) is 1. The van der Waals surface area contributed by atoms with E-state index in [4.69, 9.17) is 15.2 Å². The lowest BCUT2D eigenvalue weighted by Crippen LogP contribution is -1.96. The van der Waals surface area contributed by atoms with E-state index in [1.807, 2.05) is 78.9 Å². The summed E-state index contributed by atoms with van der Waals surface area (Å²) in [6, 6.07) is 25.4. The first-order chi connectivity index (χ1) is 30.2. The standard InChI is InChI=1S/C54H81N5O2/c1-3-5-7-9-11-13-15-17-19-21-23-25-27-29-44-60-48-38-34-46(35-39-48)56-58-53-33-31-32-51-50(53)42-43-52(55)54(51)59-57-47-36-40-49(41-37-47)61-45-30-28-26-24-22-20-18-16-14-12-10-8-6-4-2/h31-43H,3-30,44-45,55H2,1-2H3/b58-56+,59-57+. The summed E-state index contributed by atoms with van der Waals surface area (Å²) in [5.41, 5.74) is 9.84. The first-order valence-corrected chi connectivity index (χ1v) is 24.8. The van der Waals surface area contributed by atoms with Gasteiger partial charge >= 0.3 is 0 Å². The Morgan fingerprint density at radius 1 is 0.361 bits per heavy atom. The number of ether oxygens (including phenoxy) is 2. The van der Waals surface area contributed by atoms with Crippen LogP contribution in [0.15, 0.2) is 99.3 Å². The third kappa shape index (κ3) is 21.4. The van der Waals surface area contributed by atoms with Crippen molar-refractivity contribution in [1.29, 1.82) is 0 Å². The molecule has 0 spiro atoms. The SMILES string of the molecule is CCCCCCCCCCCCCCCCOc1ccc(/N=N/c2cccc3c(/N=N/c4ccc(OCCCCCCCCCCCCCCCC)cc4)c(N)ccc23)cc1. The molecule has 0 saturated carbocycles. The molecule has 0 bridgehead atoms. The van der Waals surface area contributed by atoms with Gasteiger partial charge in [0.2, 0.25) is 0 Å². The Balaban J connectivity index is 1.11. The fourth-order valence-corrected chi connectivity index (χ4v) is 7.95. The van der Waals surface area contributed by atoms with E-state index in [-0.39, 0.29) is 0 Å². The number of rotatable bonds is 36. The molecule has 0 unspecified atom stereocenters. The molecule has 334 valence electrons. The van der Waals surface area contributed by atoms with Crippen LogP contribution in [0.2, 0.25) is 0 Å². The second-order valence-electron chi connectivity index (χ2n) is 17.2. The van der Waals surface area contributed by atoms with Crippen LogP contribution < -0.4 is 15.2 Å². The largest absolute Gasteiger partial charge is 0.494 e. The van der Waals surface area contributed by atoms with E-state index in [9.17, 15) is 0 Å². The van der Waals surface area contributed by atoms with Crippen molar-refractivity contribution in [2.24, 2.45) is 20.5 Å². The second kappa shape index (κ2) is 32.5. The Hall–Kier alpha value is -4.26. The summed E-state index contributed by atoms with van der Waals surface area (Å²) in [4.78, 5) is 0. The highest BCUT2D eigenvalue weighted by atomic mass is 16.5. The molecule has 7 nitrogen and oxygen atoms in total. The number of nitrogens with zero attached hydrogens (tertiary/aromatic N) is 4. The fourth-order valence-electron chi connectivity index (χ4n) is 7.95. The van der Waals surface area contributed by atoms with E-state index in [1.54, 1.807) is 0 Å². The molecular weight excluding hydrogens is 751 g/mol. The van der Waals surface area contributed by atoms with E-state index in [2.05, 4.69) is 34.3 Å². The van der Waals surface area contributed by atoms with Gasteiger partial charge in [0.05, 0.1) is 36.0 Å². The van der Waals surface area contributed by atoms with Gasteiger partial charge in [-0.25, -0.2) is 0 Å². The molecule has 0 heterocycles. The van der Waals surface area contributed by atoms with Gasteiger partial charge in [-0.15, -0.1) is 10.2 Å². The van der Waals surface area contributed by atoms with Crippen LogP contribution in [0, 0.1) is 0 Å². The molecule has 61 heavy (non-hydrogen) atoms. The maximum Gasteiger partial charge on any atom is 0.119 e. The van der Waals surface area contributed by atoms with Gasteiger partial charge in [-0.3, -0.25) is 0 Å². The molecule has 0 aliphatic rings. The van der Waals surface area contributed by atoms with Gasteiger partial charge < -0.3 is 15.2 Å². The van der Waals surface area contributed by atoms with E-state index in [0.29, 0.717) is 11.4 Å². The summed E-state index contributed by atoms with van der Waals surface area (Å²) in [5, 5.41) is 20.0. The minimum atomic E-state index is 0.558. The van der Waals surface area contributed by atoms with Crippen molar-refractivity contribution >= 4 is 39.2 Å². The lowest BCUT2D eigenvalue weighted by atomic mass is 10.0. The van der Waals surface area contributed by atoms with Crippen LogP contribution in [-0.2, 0) is 0 Å². The summed E-state index contributed by atoms with van der Waals surface area (Å²) in [6.07, 6.45) is 38.0. The Kier molecular flexibility index (Phi) is 26.3. The summed E-state index contributed by atoms with van der Waals surface area (Å²) in [6.45, 7) is 6.06. The monoisotopic (exact) mass is 832 g/mol. The van der Waals surface area contributed by atoms with Gasteiger partial charge in [-0.2, -0.15) is 10.2 Å². The zero-order chi connectivity index (χ0) is 42.8. The smallest absolute Gasteiger partial charge is 0.119 e. The van der Waals surface area contributed by atoms with Crippen LogP contribution in [0.25, 0.3) is 10.8 Å². The summed E-state index contributed by atoms with van der Waals surface area (Å²) < 4.78 is 12.0. The molecule has 4 rings (SSSR count). The zero-order valence-electron chi connectivity index (χ0n) is 38.4. The predicted octanol–water partition coefficient (Wildman–Crippen LogP) is 19.0. The van der Waals surface area contributed by atoms with Crippen molar-refractivity contribution in [2.45, 2.75) is 194 Å². The van der Waals surface area contributed by atoms with Crippen molar-refractivity contribution in [1.82, 2.24) is 0 Å². The van der Waals surface area contributed by atoms with Gasteiger partial charge in [0.15, 0.2) is 0 Å². The van der Waals surface area contributed by atoms with Crippen molar-refractivity contribution in [3.8, 4) is 11.5 Å². The molecule has 4 aromatic carbocycles. The van der Waals surface area contributed by atoms with Gasteiger partial charge in [0, 0.05) is 10.8 Å². The fraction of sp³-hybridized carbons (Fsp3) is 0.593. The second-order valence-corrected chi connectivity index (χ2v) is 17.2. The topological polar surface area (TPSA) is 93.9 Å². The minimum Gasteiger partial charge on any atom is -0.494 e. The number of benzene rings is 4. The molecule has 0 radical (unpaired) electrons. The summed E-state index contributed by atoms with van der Waals surface area (Å²) >= 11 is 0. The van der Waals surface area contributed by atoms with Crippen molar-refractivity contribution in [2.75, 3.05) is 18.9 Å². The molecule has 7 heteroatoms. The Morgan fingerprint density at radius 2 is 0.738 bits per heavy atom. The van der Waals surface area contributed by atoms with E-state index < -0.39 is 0 Å². The van der Waals surface area contributed by atoms with Crippen LogP contribution in [0.3, 0.4) is 0 Å². The maximum absolute atomic E-state index is 6.42. The summed E-state index contributed by atoms with van der Waals surface area (Å²) in [5.74, 6) is 1.72. The number of nitrogens with two attached hydrogens (primary N) is 1. The van der Waals surface area contributed by atoms with Gasteiger partial charge in [0.25, 0.3) is 0 Å². The van der Waals surface area contributed by atoms with Crippen molar-refractivity contribution < 1.29 is 9.47 Å². The van der Waals surface area contributed by atoms with Crippen LogP contribution in [0.5, 0.6) is 11.5 Å². The molecule has 0 aliphatic heterocycles. The van der Waals surface area contributed by atoms with Gasteiger partial charge in [0.1, 0.15) is 17.2 Å².